The molecule has 2 heterocycles. The number of rotatable bonds is 4. The number of esters is 1. The lowest BCUT2D eigenvalue weighted by Gasteiger charge is -2.50. The lowest BCUT2D eigenvalue weighted by atomic mass is 9.55. The molecule has 0 amide bonds. The van der Waals surface area contributed by atoms with Crippen molar-refractivity contribution in [1.29, 1.82) is 0 Å². The summed E-state index contributed by atoms with van der Waals surface area (Å²) in [6, 6.07) is 6.77. The van der Waals surface area contributed by atoms with Crippen LogP contribution in [0.25, 0.3) is 0 Å². The number of nitro benzene ring substituents is 1. The number of carbonyl (C=O) groups excluding carboxylic acids is 1. The van der Waals surface area contributed by atoms with Gasteiger partial charge in [0.05, 0.1) is 10.8 Å². The van der Waals surface area contributed by atoms with Gasteiger partial charge >= 0.3 is 5.97 Å². The maximum atomic E-state index is 12.8. The molecule has 1 aromatic rings. The first kappa shape index (κ1) is 21.4. The number of hydrogen-bond donors (Lipinski definition) is 0. The van der Waals surface area contributed by atoms with Crippen molar-refractivity contribution >= 4 is 17.3 Å². The van der Waals surface area contributed by atoms with E-state index >= 15 is 0 Å². The summed E-state index contributed by atoms with van der Waals surface area (Å²) in [6.07, 6.45) is 5.64. The van der Waals surface area contributed by atoms with Crippen LogP contribution in [0, 0.1) is 33.3 Å². The lowest BCUT2D eigenvalue weighted by molar-refractivity contribution is -0.384. The Labute approximate surface area is 189 Å². The smallest absolute Gasteiger partial charge is 0.310 e. The highest BCUT2D eigenvalue weighted by Crippen LogP contribution is 2.56. The van der Waals surface area contributed by atoms with Gasteiger partial charge in [-0.3, -0.25) is 19.8 Å². The normalized spacial score (nSPS) is 35.2. The van der Waals surface area contributed by atoms with Crippen LogP contribution < -0.4 is 4.90 Å². The number of nitro groups is 1. The van der Waals surface area contributed by atoms with E-state index in [9.17, 15) is 14.9 Å². The monoisotopic (exact) mass is 439 g/mol. The van der Waals surface area contributed by atoms with Crippen LogP contribution in [0.5, 0.6) is 0 Å². The van der Waals surface area contributed by atoms with Crippen LogP contribution in [0.4, 0.5) is 11.4 Å². The predicted octanol–water partition coefficient (Wildman–Crippen LogP) is 4.03. The molecule has 4 aliphatic rings. The van der Waals surface area contributed by atoms with Crippen molar-refractivity contribution in [1.82, 2.24) is 4.90 Å². The van der Waals surface area contributed by atoms with Crippen molar-refractivity contribution in [3.05, 3.63) is 46.5 Å². The molecule has 5 atom stereocenters. The lowest BCUT2D eigenvalue weighted by Crippen LogP contribution is -2.50. The SMILES string of the molecule is C=C1CCC[C@]2(C)C[C@H]3OC(=O)[C@H](CN4CCN(c5ccc([N+](=O)[O-])cc5)CC4)[C@H]3C[C@@H]12. The van der Waals surface area contributed by atoms with Crippen molar-refractivity contribution in [3.8, 4) is 0 Å². The summed E-state index contributed by atoms with van der Waals surface area (Å²) in [5, 5.41) is 10.9. The van der Waals surface area contributed by atoms with Gasteiger partial charge in [0.15, 0.2) is 0 Å². The first-order chi connectivity index (χ1) is 15.3. The molecule has 2 saturated carbocycles. The van der Waals surface area contributed by atoms with Crippen LogP contribution in [0.2, 0.25) is 0 Å². The molecule has 0 N–H and O–H groups in total. The van der Waals surface area contributed by atoms with Gasteiger partial charge in [-0.2, -0.15) is 0 Å². The summed E-state index contributed by atoms with van der Waals surface area (Å²) in [5.41, 5.74) is 2.75. The Bertz CT molecular complexity index is 908. The number of ether oxygens (including phenoxy) is 1. The first-order valence-electron chi connectivity index (χ1n) is 11.9. The number of anilines is 1. The van der Waals surface area contributed by atoms with Crippen LogP contribution in [-0.4, -0.2) is 54.6 Å². The molecule has 7 heteroatoms. The second kappa shape index (κ2) is 8.18. The molecule has 0 unspecified atom stereocenters. The quantitative estimate of drug-likeness (QED) is 0.305. The van der Waals surface area contributed by atoms with Gasteiger partial charge in [-0.05, 0) is 55.6 Å². The van der Waals surface area contributed by atoms with Crippen molar-refractivity contribution in [2.75, 3.05) is 37.6 Å². The Morgan fingerprint density at radius 1 is 1.22 bits per heavy atom. The van der Waals surface area contributed by atoms with E-state index < -0.39 is 0 Å². The van der Waals surface area contributed by atoms with Gasteiger partial charge in [-0.25, -0.2) is 0 Å². The number of piperazine rings is 1. The highest BCUT2D eigenvalue weighted by molar-refractivity contribution is 5.75. The van der Waals surface area contributed by atoms with Gasteiger partial charge < -0.3 is 9.64 Å². The van der Waals surface area contributed by atoms with E-state index in [1.165, 1.54) is 18.4 Å². The molecule has 0 radical (unpaired) electrons. The van der Waals surface area contributed by atoms with E-state index in [4.69, 9.17) is 4.74 Å². The summed E-state index contributed by atoms with van der Waals surface area (Å²) < 4.78 is 5.93. The predicted molar refractivity (Wildman–Crippen MR) is 122 cm³/mol. The van der Waals surface area contributed by atoms with Crippen molar-refractivity contribution in [2.24, 2.45) is 23.2 Å². The summed E-state index contributed by atoms with van der Waals surface area (Å²) in [4.78, 5) is 28.0. The molecular weight excluding hydrogens is 406 g/mol. The Kier molecular flexibility index (Phi) is 5.48. The van der Waals surface area contributed by atoms with Gasteiger partial charge in [0.1, 0.15) is 6.10 Å². The molecule has 2 saturated heterocycles. The average Bonchev–Trinajstić information content (AvgIpc) is 3.06. The Morgan fingerprint density at radius 2 is 1.94 bits per heavy atom. The van der Waals surface area contributed by atoms with E-state index in [0.29, 0.717) is 11.8 Å². The minimum absolute atomic E-state index is 0.00865. The molecule has 5 rings (SSSR count). The molecular formula is C25H33N3O4. The van der Waals surface area contributed by atoms with Gasteiger partial charge in [-0.1, -0.05) is 19.1 Å². The molecule has 0 aromatic heterocycles. The van der Waals surface area contributed by atoms with Gasteiger partial charge in [0, 0.05) is 56.5 Å². The molecule has 2 aliphatic carbocycles. The van der Waals surface area contributed by atoms with Crippen molar-refractivity contribution in [2.45, 2.75) is 45.1 Å². The van der Waals surface area contributed by atoms with Crippen molar-refractivity contribution < 1.29 is 14.5 Å². The third-order valence-electron chi connectivity index (χ3n) is 8.57. The zero-order chi connectivity index (χ0) is 22.5. The average molecular weight is 440 g/mol. The number of non-ortho nitro benzene ring substituents is 1. The Morgan fingerprint density at radius 3 is 2.62 bits per heavy atom. The molecule has 1 aromatic carbocycles. The molecule has 4 fully saturated rings. The molecule has 7 nitrogen and oxygen atoms in total. The van der Waals surface area contributed by atoms with E-state index in [1.54, 1.807) is 12.1 Å². The van der Waals surface area contributed by atoms with E-state index in [0.717, 1.165) is 57.7 Å². The summed E-state index contributed by atoms with van der Waals surface area (Å²) in [6.45, 7) is 11.0. The fraction of sp³-hybridized carbons (Fsp3) is 0.640. The zero-order valence-corrected chi connectivity index (χ0v) is 18.9. The number of allylic oxidation sites excluding steroid dienone is 1. The fourth-order valence-corrected chi connectivity index (χ4v) is 6.72. The van der Waals surface area contributed by atoms with Crippen LogP contribution in [-0.2, 0) is 9.53 Å². The van der Waals surface area contributed by atoms with E-state index in [1.807, 2.05) is 12.1 Å². The number of benzene rings is 1. The maximum absolute atomic E-state index is 12.8. The summed E-state index contributed by atoms with van der Waals surface area (Å²) in [5.74, 6) is 0.785. The number of carbonyl (C=O) groups is 1. The largest absolute Gasteiger partial charge is 0.462 e. The van der Waals surface area contributed by atoms with Gasteiger partial charge in [0.2, 0.25) is 0 Å². The van der Waals surface area contributed by atoms with Crippen LogP contribution >= 0.6 is 0 Å². The first-order valence-corrected chi connectivity index (χ1v) is 11.9. The third-order valence-corrected chi connectivity index (χ3v) is 8.57. The van der Waals surface area contributed by atoms with Gasteiger partial charge in [-0.15, -0.1) is 0 Å². The molecule has 2 aliphatic heterocycles. The molecule has 0 bridgehead atoms. The molecule has 32 heavy (non-hydrogen) atoms. The van der Waals surface area contributed by atoms with E-state index in [2.05, 4.69) is 23.3 Å². The topological polar surface area (TPSA) is 75.9 Å². The maximum Gasteiger partial charge on any atom is 0.310 e. The second-order valence-corrected chi connectivity index (χ2v) is 10.5. The third kappa shape index (κ3) is 3.81. The zero-order valence-electron chi connectivity index (χ0n) is 18.9. The van der Waals surface area contributed by atoms with E-state index in [-0.39, 0.29) is 34.0 Å². The standard InChI is InChI=1S/C25H33N3O4/c1-17-4-3-9-25(2)15-23-20(14-22(17)25)21(24(29)32-23)16-26-10-12-27(13-11-26)18-5-7-19(8-6-18)28(30)31/h5-8,20-23H,1,3-4,9-16H2,2H3/t20-,21-,22+,23-,25-/m1/s1. The molecule has 0 spiro atoms. The van der Waals surface area contributed by atoms with Gasteiger partial charge in [0.25, 0.3) is 5.69 Å². The molecule has 172 valence electrons. The number of hydrogen-bond acceptors (Lipinski definition) is 6. The highest BCUT2D eigenvalue weighted by atomic mass is 16.6. The number of nitrogens with zero attached hydrogens (tertiary/aromatic N) is 3. The second-order valence-electron chi connectivity index (χ2n) is 10.5. The number of fused-ring (bicyclic) bond motifs is 2. The minimum atomic E-state index is -0.369. The van der Waals surface area contributed by atoms with Crippen molar-refractivity contribution in [3.63, 3.8) is 0 Å². The summed E-state index contributed by atoms with van der Waals surface area (Å²) >= 11 is 0. The fourth-order valence-electron chi connectivity index (χ4n) is 6.72. The minimum Gasteiger partial charge on any atom is -0.462 e. The Hall–Kier alpha value is -2.41. The highest BCUT2D eigenvalue weighted by Gasteiger charge is 2.55. The Balaban J connectivity index is 1.20. The van der Waals surface area contributed by atoms with Crippen LogP contribution in [0.3, 0.4) is 0 Å². The van der Waals surface area contributed by atoms with Crippen LogP contribution in [0.15, 0.2) is 36.4 Å². The van der Waals surface area contributed by atoms with Crippen LogP contribution in [0.1, 0.15) is 39.0 Å². The summed E-state index contributed by atoms with van der Waals surface area (Å²) in [7, 11) is 0.